The number of fused-ring (bicyclic) bond motifs is 13. The zero-order valence-corrected chi connectivity index (χ0v) is 57.6. The molecule has 488 valence electrons. The fourth-order valence-electron chi connectivity index (χ4n) is 14.3. The Morgan fingerprint density at radius 2 is 1.06 bits per heavy atom. The van der Waals surface area contributed by atoms with Crippen molar-refractivity contribution in [3.63, 3.8) is 0 Å². The first-order chi connectivity index (χ1) is 59.7. The Hall–Kier alpha value is -12.0. The number of ether oxygens (including phenoxy) is 1. The molecule has 0 radical (unpaired) electrons. The molecule has 0 aliphatic carbocycles. The summed E-state index contributed by atoms with van der Waals surface area (Å²) in [7, 11) is -6.41. The van der Waals surface area contributed by atoms with Gasteiger partial charge in [0.2, 0.25) is 0 Å². The van der Waals surface area contributed by atoms with Crippen LogP contribution in [-0.4, -0.2) is 22.2 Å². The molecule has 0 saturated heterocycles. The molecule has 0 bridgehead atoms. The largest absolute Gasteiger partial charge is 0.510 e. The smallest absolute Gasteiger partial charge is 0.268 e. The van der Waals surface area contributed by atoms with Gasteiger partial charge in [-0.15, -0.1) is 29.7 Å². The van der Waals surface area contributed by atoms with E-state index < -0.39 is 179 Å². The quantitative estimate of drug-likeness (QED) is 0.0561. The average Bonchev–Trinajstić information content (AvgIpc) is 0.860. The zero-order valence-electron chi connectivity index (χ0n) is 78.3. The number of hydrogen-bond acceptors (Lipinski definition) is 3. The Morgan fingerprint density at radius 3 is 1.80 bits per heavy atom. The first-order valence-corrected chi connectivity index (χ1v) is 34.5. The number of pyridine rings is 1. The molecular formula is C94H64N4O2PtSi-2. The molecule has 18 aromatic rings. The van der Waals surface area contributed by atoms with Crippen molar-refractivity contribution in [2.24, 2.45) is 0 Å². The van der Waals surface area contributed by atoms with Crippen molar-refractivity contribution < 1.29 is 67.7 Å². The van der Waals surface area contributed by atoms with Gasteiger partial charge >= 0.3 is 0 Å². The van der Waals surface area contributed by atoms with Crippen LogP contribution in [0.3, 0.4) is 0 Å². The van der Waals surface area contributed by atoms with Gasteiger partial charge < -0.3 is 18.3 Å². The molecular weight excluding hydrogens is 1440 g/mol. The first-order valence-electron chi connectivity index (χ1n) is 44.5. The van der Waals surface area contributed by atoms with E-state index in [0.717, 1.165) is 32.6 Å². The van der Waals surface area contributed by atoms with Gasteiger partial charge in [-0.2, -0.15) is 18.2 Å². The summed E-state index contributed by atoms with van der Waals surface area (Å²) in [5.41, 5.74) is 7.35. The number of benzene rings is 14. The third kappa shape index (κ3) is 10.2. The van der Waals surface area contributed by atoms with Crippen LogP contribution in [0.4, 0.5) is 0 Å². The molecule has 1 aliphatic rings. The van der Waals surface area contributed by atoms with Crippen LogP contribution in [0.2, 0.25) is 0 Å². The summed E-state index contributed by atoms with van der Waals surface area (Å²) in [5, 5.41) is -0.706. The number of imidazole rings is 1. The van der Waals surface area contributed by atoms with Crippen LogP contribution in [0.25, 0.3) is 139 Å². The molecule has 0 saturated carbocycles. The Labute approximate surface area is 641 Å². The summed E-state index contributed by atoms with van der Waals surface area (Å²) < 4.78 is 250. The van der Waals surface area contributed by atoms with Crippen LogP contribution in [0.1, 0.15) is 59.2 Å². The molecule has 5 heterocycles. The fourth-order valence-corrected chi connectivity index (χ4v) is 17.9. The molecule has 0 atom stereocenters. The number of aromatic nitrogens is 4. The van der Waals surface area contributed by atoms with Crippen molar-refractivity contribution in [3.8, 4) is 95.5 Å². The second-order valence-corrected chi connectivity index (χ2v) is 29.0. The van der Waals surface area contributed by atoms with E-state index in [4.69, 9.17) is 22.4 Å². The van der Waals surface area contributed by atoms with Gasteiger partial charge in [0.1, 0.15) is 17.0 Å². The van der Waals surface area contributed by atoms with Gasteiger partial charge in [0.05, 0.1) is 49.6 Å². The van der Waals surface area contributed by atoms with Gasteiger partial charge in [-0.1, -0.05) is 281 Å². The number of hydrogen-bond donors (Lipinski definition) is 0. The van der Waals surface area contributed by atoms with Gasteiger partial charge in [0.25, 0.3) is 6.33 Å². The summed E-state index contributed by atoms with van der Waals surface area (Å²) in [6.07, 6.45) is 5.52. The maximum absolute atomic E-state index is 11.2. The van der Waals surface area contributed by atoms with E-state index >= 15 is 0 Å². The molecule has 0 spiro atoms. The van der Waals surface area contributed by atoms with Crippen molar-refractivity contribution >= 4 is 83.6 Å². The van der Waals surface area contributed by atoms with Crippen LogP contribution in [0.5, 0.6) is 11.5 Å². The third-order valence-corrected chi connectivity index (χ3v) is 22.8. The Kier molecular flexibility index (Phi) is 10.2. The van der Waals surface area contributed by atoms with Crippen molar-refractivity contribution in [2.75, 3.05) is 0 Å². The van der Waals surface area contributed by atoms with E-state index in [1.807, 2.05) is 120 Å². The Morgan fingerprint density at radius 1 is 0.451 bits per heavy atom. The minimum Gasteiger partial charge on any atom is -0.510 e. The van der Waals surface area contributed by atoms with Crippen molar-refractivity contribution in [1.29, 1.82) is 0 Å². The SMILES string of the molecule is [2H]c1c([2H])c([2H])c(-c2cccc3c2-c2cccc(-c4ccc5oc6ccccc6c5c4)c2-[n+]2[c-]n(-c4[c-]c(Oc5[c-]c6c(cc5)c5ccccc5n6-c5cc(C(C)(C)C)ccn5)ccc4)c4cc(-c5c([2H])c([2H])c([2H])c([Si](c6c([2H])c([2H])c([2H])c([2H])c6[2H])(c6c([2H])c([2H])c([2H])c([2H])c6[2H])c6c([2H])c([2H])c([2H])c([2H])c6[2H])c5[2H])cc(c42)-c2ccccc2-3)c([2H])c1[2H].[Pt]. The summed E-state index contributed by atoms with van der Waals surface area (Å²) in [6.45, 7) is 6.37. The average molecular weight is 1530 g/mol. The van der Waals surface area contributed by atoms with Crippen LogP contribution in [0, 0.1) is 18.5 Å². The van der Waals surface area contributed by atoms with E-state index in [9.17, 15) is 24.7 Å². The molecule has 4 aromatic heterocycles. The van der Waals surface area contributed by atoms with Crippen LogP contribution in [0.15, 0.2) is 338 Å². The number of para-hydroxylation sites is 3. The van der Waals surface area contributed by atoms with E-state index in [2.05, 4.69) is 39.2 Å². The molecule has 0 amide bonds. The van der Waals surface area contributed by atoms with Gasteiger partial charge in [-0.05, 0) is 152 Å². The van der Waals surface area contributed by atoms with E-state index in [0.29, 0.717) is 72.6 Å². The van der Waals surface area contributed by atoms with E-state index in [-0.39, 0.29) is 71.4 Å². The van der Waals surface area contributed by atoms with Gasteiger partial charge in [0, 0.05) is 55.1 Å². The maximum Gasteiger partial charge on any atom is 0.268 e. The number of rotatable bonds is 11. The normalized spacial score (nSPS) is 15.3. The fraction of sp³-hybridized carbons (Fsp3) is 0.0426. The maximum atomic E-state index is 11.2. The molecule has 8 heteroatoms. The summed E-state index contributed by atoms with van der Waals surface area (Å²) in [4.78, 5) is 4.89. The van der Waals surface area contributed by atoms with Gasteiger partial charge in [-0.3, -0.25) is 4.57 Å². The first kappa shape index (κ1) is 41.5. The Bertz CT molecular complexity index is 7570. The zero-order chi connectivity index (χ0) is 88.2. The van der Waals surface area contributed by atoms with Crippen LogP contribution in [-0.2, 0) is 26.5 Å². The van der Waals surface area contributed by atoms with Crippen molar-refractivity contribution in [1.82, 2.24) is 14.1 Å². The molecule has 6 nitrogen and oxygen atoms in total. The third-order valence-electron chi connectivity index (χ3n) is 18.8. The molecule has 14 aromatic carbocycles. The van der Waals surface area contributed by atoms with E-state index in [1.165, 1.54) is 0 Å². The predicted octanol–water partition coefficient (Wildman–Crippen LogP) is 20.5. The predicted molar refractivity (Wildman–Crippen MR) is 416 cm³/mol. The van der Waals surface area contributed by atoms with Gasteiger partial charge in [0.15, 0.2) is 8.07 Å². The Balaban J connectivity index is 0.0000108. The van der Waals surface area contributed by atoms with Crippen LogP contribution >= 0.6 is 0 Å². The number of furan rings is 1. The second kappa shape index (κ2) is 25.0. The standard InChI is InChI=1S/C94H64N4O2Si.Pt/c1-94(2,3)66-52-53-95-90(58-66)98-85-46-20-18-40-78(85)79-50-49-69(60-86(79)98)99-68-30-23-29-67(59-68)96-61-97-92-75(64-48-51-89-83(55-64)80-41-19-21-47-88(80)100-89)43-25-45-82(92)91-74(62-26-8-4-9-27-62)42-24-44-81(91)76-38-16-17-39-77(76)84-56-65(57-87(96)93(84)97)63-28-22-37-73(54-63)101(70-31-10-5-11-32-70,71-33-12-6-13-34-71)72-35-14-7-15-36-72;/h4-58H,1-3H3;/q-2;/i4D,5D,6D,7D,8D,9D,10D,11D,12D,13D,14D,15D,22D,26D,27D,28D,31D,32D,33D,34D,35D,36D,37D,54D;. The molecule has 1 aliphatic heterocycles. The summed E-state index contributed by atoms with van der Waals surface area (Å²) in [5.74, 6) is 1.05. The summed E-state index contributed by atoms with van der Waals surface area (Å²) >= 11 is 0. The molecule has 102 heavy (non-hydrogen) atoms. The molecule has 0 N–H and O–H groups in total. The topological polar surface area (TPSA) is 49.0 Å². The molecule has 0 unspecified atom stereocenters. The molecule has 0 fully saturated rings. The molecule has 19 rings (SSSR count). The minimum atomic E-state index is -6.41. The van der Waals surface area contributed by atoms with Crippen molar-refractivity contribution in [3.05, 3.63) is 357 Å². The van der Waals surface area contributed by atoms with Crippen molar-refractivity contribution in [2.45, 2.75) is 26.2 Å². The van der Waals surface area contributed by atoms with Crippen LogP contribution < -0.4 is 30.1 Å². The van der Waals surface area contributed by atoms with E-state index in [1.54, 1.807) is 82.1 Å². The number of nitrogens with zero attached hydrogens (tertiary/aromatic N) is 4. The monoisotopic (exact) mass is 1530 g/mol. The summed E-state index contributed by atoms with van der Waals surface area (Å²) in [6, 6.07) is 38.6. The minimum absolute atomic E-state index is 0. The van der Waals surface area contributed by atoms with Gasteiger partial charge in [-0.25, -0.2) is 4.98 Å². The second-order valence-electron chi connectivity index (χ2n) is 25.5.